The Morgan fingerprint density at radius 1 is 1.12 bits per heavy atom. The van der Waals surface area contributed by atoms with E-state index >= 15 is 0 Å². The highest BCUT2D eigenvalue weighted by molar-refractivity contribution is 7.93. The minimum Gasteiger partial charge on any atom is -0.497 e. The zero-order valence-electron chi connectivity index (χ0n) is 13.5. The molecule has 3 rings (SSSR count). The first kappa shape index (κ1) is 17.9. The minimum atomic E-state index is -3.76. The smallest absolute Gasteiger partial charge is 0.335 e. The molecule has 0 bridgehead atoms. The average molecular weight is 390 g/mol. The highest BCUT2D eigenvalue weighted by atomic mass is 32.2. The topological polar surface area (TPSA) is 106 Å². The van der Waals surface area contributed by atoms with Crippen molar-refractivity contribution in [1.29, 1.82) is 0 Å². The van der Waals surface area contributed by atoms with Gasteiger partial charge in [0.2, 0.25) is 0 Å². The average Bonchev–Trinajstić information content (AvgIpc) is 3.09. The molecule has 0 aliphatic carbocycles. The first-order valence-electron chi connectivity index (χ1n) is 7.35. The monoisotopic (exact) mass is 390 g/mol. The normalized spacial score (nSPS) is 11.1. The lowest BCUT2D eigenvalue weighted by atomic mass is 10.1. The second-order valence-corrected chi connectivity index (χ2v) is 7.91. The molecule has 2 N–H and O–H groups in total. The Morgan fingerprint density at radius 3 is 2.35 bits per heavy atom. The number of thiazole rings is 1. The summed E-state index contributed by atoms with van der Waals surface area (Å²) in [6, 6.07) is 12.3. The highest BCUT2D eigenvalue weighted by Gasteiger charge is 2.16. The number of hydrogen-bond donors (Lipinski definition) is 2. The molecule has 7 nitrogen and oxygen atoms in total. The van der Waals surface area contributed by atoms with Crippen LogP contribution < -0.4 is 9.46 Å². The number of carbonyl (C=O) groups is 1. The lowest BCUT2D eigenvalue weighted by Gasteiger charge is -2.06. The molecule has 3 aromatic rings. The molecule has 0 saturated heterocycles. The number of aromatic nitrogens is 1. The number of ether oxygens (including phenoxy) is 1. The van der Waals surface area contributed by atoms with E-state index in [0.29, 0.717) is 5.75 Å². The van der Waals surface area contributed by atoms with Gasteiger partial charge in [-0.1, -0.05) is 23.5 Å². The van der Waals surface area contributed by atoms with E-state index in [-0.39, 0.29) is 15.6 Å². The fraction of sp³-hybridized carbons (Fsp3) is 0.0588. The van der Waals surface area contributed by atoms with Gasteiger partial charge in [0.15, 0.2) is 5.13 Å². The van der Waals surface area contributed by atoms with Gasteiger partial charge in [-0.05, 0) is 42.0 Å². The molecule has 0 aliphatic heterocycles. The van der Waals surface area contributed by atoms with Crippen LogP contribution in [0.25, 0.3) is 10.4 Å². The van der Waals surface area contributed by atoms with Crippen LogP contribution in [0.15, 0.2) is 59.6 Å². The van der Waals surface area contributed by atoms with Gasteiger partial charge in [-0.25, -0.2) is 18.2 Å². The molecule has 2 aromatic carbocycles. The summed E-state index contributed by atoms with van der Waals surface area (Å²) in [6.07, 6.45) is 1.53. The Labute approximate surface area is 154 Å². The van der Waals surface area contributed by atoms with Crippen LogP contribution in [0.1, 0.15) is 10.4 Å². The summed E-state index contributed by atoms with van der Waals surface area (Å²) in [5.74, 6) is -0.445. The number of nitrogens with one attached hydrogen (secondary N) is 1. The lowest BCUT2D eigenvalue weighted by molar-refractivity contribution is 0.0697. The number of carboxylic acids is 1. The van der Waals surface area contributed by atoms with Crippen molar-refractivity contribution in [3.63, 3.8) is 0 Å². The van der Waals surface area contributed by atoms with Crippen molar-refractivity contribution in [3.05, 3.63) is 60.3 Å². The van der Waals surface area contributed by atoms with E-state index in [0.717, 1.165) is 21.8 Å². The Balaban J connectivity index is 1.79. The van der Waals surface area contributed by atoms with Crippen molar-refractivity contribution in [3.8, 4) is 16.2 Å². The number of methoxy groups -OCH3 is 1. The van der Waals surface area contributed by atoms with Crippen LogP contribution >= 0.6 is 11.3 Å². The Morgan fingerprint density at radius 2 is 1.77 bits per heavy atom. The first-order chi connectivity index (χ1) is 12.4. The second-order valence-electron chi connectivity index (χ2n) is 5.19. The standard InChI is InChI=1S/C17H14N2O5S2/c1-24-13-6-8-14(9-7-13)26(22,23)19-17-18-10-15(25-17)11-2-4-12(5-3-11)16(20)21/h2-10H,1H3,(H,18,19)(H,20,21). The van der Waals surface area contributed by atoms with E-state index in [4.69, 9.17) is 9.84 Å². The van der Waals surface area contributed by atoms with Gasteiger partial charge in [0.1, 0.15) is 5.75 Å². The third-order valence-electron chi connectivity index (χ3n) is 3.51. The number of rotatable bonds is 6. The maximum absolute atomic E-state index is 12.4. The summed E-state index contributed by atoms with van der Waals surface area (Å²) in [5, 5.41) is 9.15. The molecular formula is C17H14N2O5S2. The van der Waals surface area contributed by atoms with E-state index in [1.807, 2.05) is 0 Å². The van der Waals surface area contributed by atoms with E-state index in [1.165, 1.54) is 37.6 Å². The van der Waals surface area contributed by atoms with Gasteiger partial charge in [0.25, 0.3) is 10.0 Å². The van der Waals surface area contributed by atoms with E-state index < -0.39 is 16.0 Å². The number of anilines is 1. The van der Waals surface area contributed by atoms with Crippen LogP contribution in [0.4, 0.5) is 5.13 Å². The quantitative estimate of drug-likeness (QED) is 0.669. The molecule has 1 aromatic heterocycles. The molecule has 134 valence electrons. The van der Waals surface area contributed by atoms with E-state index in [9.17, 15) is 13.2 Å². The van der Waals surface area contributed by atoms with Crippen LogP contribution in [0.3, 0.4) is 0 Å². The Kier molecular flexibility index (Phi) is 4.92. The SMILES string of the molecule is COc1ccc(S(=O)(=O)Nc2ncc(-c3ccc(C(=O)O)cc3)s2)cc1. The van der Waals surface area contributed by atoms with Crippen molar-refractivity contribution < 1.29 is 23.1 Å². The Bertz CT molecular complexity index is 1030. The summed E-state index contributed by atoms with van der Waals surface area (Å²) in [6.45, 7) is 0. The molecular weight excluding hydrogens is 376 g/mol. The summed E-state index contributed by atoms with van der Waals surface area (Å²) >= 11 is 1.16. The predicted octanol–water partition coefficient (Wildman–Crippen LogP) is 3.32. The van der Waals surface area contributed by atoms with Crippen LogP contribution in [0.5, 0.6) is 5.75 Å². The molecule has 0 fully saturated rings. The van der Waals surface area contributed by atoms with Gasteiger partial charge in [-0.2, -0.15) is 0 Å². The maximum atomic E-state index is 12.4. The minimum absolute atomic E-state index is 0.0980. The fourth-order valence-electron chi connectivity index (χ4n) is 2.16. The second kappa shape index (κ2) is 7.14. The van der Waals surface area contributed by atoms with Gasteiger partial charge in [-0.3, -0.25) is 4.72 Å². The zero-order chi connectivity index (χ0) is 18.7. The maximum Gasteiger partial charge on any atom is 0.335 e. The molecule has 0 spiro atoms. The van der Waals surface area contributed by atoms with Crippen molar-refractivity contribution in [2.24, 2.45) is 0 Å². The molecule has 0 atom stereocenters. The van der Waals surface area contributed by atoms with Gasteiger partial charge in [-0.15, -0.1) is 0 Å². The number of carboxylic acid groups (broad SMARTS) is 1. The molecule has 0 aliphatic rings. The molecule has 26 heavy (non-hydrogen) atoms. The van der Waals surface area contributed by atoms with Crippen molar-refractivity contribution in [1.82, 2.24) is 4.98 Å². The molecule has 0 amide bonds. The third kappa shape index (κ3) is 3.84. The van der Waals surface area contributed by atoms with E-state index in [2.05, 4.69) is 9.71 Å². The highest BCUT2D eigenvalue weighted by Crippen LogP contribution is 2.30. The van der Waals surface area contributed by atoms with E-state index in [1.54, 1.807) is 24.3 Å². The van der Waals surface area contributed by atoms with Gasteiger partial charge in [0.05, 0.1) is 22.4 Å². The lowest BCUT2D eigenvalue weighted by Crippen LogP contribution is -2.12. The number of benzene rings is 2. The largest absolute Gasteiger partial charge is 0.497 e. The first-order valence-corrected chi connectivity index (χ1v) is 9.65. The van der Waals surface area contributed by atoms with Crippen LogP contribution in [0.2, 0.25) is 0 Å². The number of aromatic carboxylic acids is 1. The Hall–Kier alpha value is -2.91. The van der Waals surface area contributed by atoms with Crippen LogP contribution in [-0.2, 0) is 10.0 Å². The molecule has 0 unspecified atom stereocenters. The fourth-order valence-corrected chi connectivity index (χ4v) is 4.22. The summed E-state index contributed by atoms with van der Waals surface area (Å²) in [7, 11) is -2.26. The predicted molar refractivity (Wildman–Crippen MR) is 98.3 cm³/mol. The van der Waals surface area contributed by atoms with Gasteiger partial charge in [0, 0.05) is 6.20 Å². The summed E-state index contributed by atoms with van der Waals surface area (Å²) in [4.78, 5) is 15.8. The molecule has 9 heteroatoms. The number of hydrogen-bond acceptors (Lipinski definition) is 6. The molecule has 0 radical (unpaired) electrons. The summed E-state index contributed by atoms with van der Waals surface area (Å²) in [5.41, 5.74) is 0.932. The number of nitrogens with zero attached hydrogens (tertiary/aromatic N) is 1. The zero-order valence-corrected chi connectivity index (χ0v) is 15.2. The van der Waals surface area contributed by atoms with Gasteiger partial charge >= 0.3 is 5.97 Å². The summed E-state index contributed by atoms with van der Waals surface area (Å²) < 4.78 is 32.3. The third-order valence-corrected chi connectivity index (χ3v) is 5.96. The van der Waals surface area contributed by atoms with Crippen molar-refractivity contribution >= 4 is 32.5 Å². The van der Waals surface area contributed by atoms with Crippen molar-refractivity contribution in [2.45, 2.75) is 4.90 Å². The van der Waals surface area contributed by atoms with Crippen molar-refractivity contribution in [2.75, 3.05) is 11.8 Å². The van der Waals surface area contributed by atoms with Gasteiger partial charge < -0.3 is 9.84 Å². The van der Waals surface area contributed by atoms with Crippen LogP contribution in [-0.4, -0.2) is 31.6 Å². The molecule has 1 heterocycles. The van der Waals surface area contributed by atoms with Crippen LogP contribution in [0, 0.1) is 0 Å². The molecule has 0 saturated carbocycles. The number of sulfonamides is 1.